The average molecular weight is 559 g/mol. The molecule has 0 saturated carbocycles. The number of nitrogens with zero attached hydrogens (tertiary/aromatic N) is 4. The molecule has 5 rings (SSSR count). The van der Waals surface area contributed by atoms with Gasteiger partial charge in [0.25, 0.3) is 0 Å². The van der Waals surface area contributed by atoms with Crippen molar-refractivity contribution in [3.63, 3.8) is 0 Å². The van der Waals surface area contributed by atoms with Gasteiger partial charge in [-0.15, -0.1) is 20.4 Å². The maximum Gasteiger partial charge on any atom is 0.248 e. The summed E-state index contributed by atoms with van der Waals surface area (Å²) in [7, 11) is 0. The number of aromatic nitrogens is 4. The first kappa shape index (κ1) is 28.9. The molecule has 0 atom stereocenters. The summed E-state index contributed by atoms with van der Waals surface area (Å²) in [6.07, 6.45) is 7.64. The molecule has 0 fully saturated rings. The van der Waals surface area contributed by atoms with Crippen molar-refractivity contribution in [1.29, 1.82) is 0 Å². The van der Waals surface area contributed by atoms with Crippen molar-refractivity contribution >= 4 is 24.3 Å². The summed E-state index contributed by atoms with van der Waals surface area (Å²) in [5.41, 5.74) is 8.68. The molecule has 2 aromatic heterocycles. The molecule has 5 aromatic rings. The largest absolute Gasteiger partial charge is 0.417 e. The van der Waals surface area contributed by atoms with E-state index in [9.17, 15) is 0 Å². The van der Waals surface area contributed by atoms with Gasteiger partial charge in [0.2, 0.25) is 23.6 Å². The van der Waals surface area contributed by atoms with Crippen LogP contribution in [0.4, 0.5) is 0 Å². The summed E-state index contributed by atoms with van der Waals surface area (Å²) in [5, 5.41) is 17.1. The maximum atomic E-state index is 5.99. The molecule has 0 aliphatic carbocycles. The van der Waals surface area contributed by atoms with Crippen LogP contribution in [-0.2, 0) is 10.8 Å². The third-order valence-electron chi connectivity index (χ3n) is 7.30. The Bertz CT molecular complexity index is 1610. The van der Waals surface area contributed by atoms with Gasteiger partial charge < -0.3 is 8.83 Å². The molecule has 2 heterocycles. The molecule has 0 amide bonds. The number of rotatable bonds is 6. The van der Waals surface area contributed by atoms with Gasteiger partial charge in [-0.2, -0.15) is 0 Å². The SMILES string of the molecule is Cc1cc(-c2nnc(/C=C/c3ccc(C(C)(C)C)cc3)o2)c(C)cc1-c1nnc(/C=C/c2ccc(C(C)(C)C)cc2)o1. The van der Waals surface area contributed by atoms with E-state index in [0.29, 0.717) is 23.6 Å². The second kappa shape index (κ2) is 11.4. The first-order valence-electron chi connectivity index (χ1n) is 14.2. The van der Waals surface area contributed by atoms with Crippen LogP contribution in [0.15, 0.2) is 69.5 Å². The maximum absolute atomic E-state index is 5.99. The minimum atomic E-state index is 0.122. The van der Waals surface area contributed by atoms with E-state index in [1.165, 1.54) is 11.1 Å². The zero-order valence-corrected chi connectivity index (χ0v) is 25.7. The Morgan fingerprint density at radius 1 is 0.500 bits per heavy atom. The lowest BCUT2D eigenvalue weighted by atomic mass is 9.87. The van der Waals surface area contributed by atoms with E-state index in [2.05, 4.69) is 110 Å². The summed E-state index contributed by atoms with van der Waals surface area (Å²) >= 11 is 0. The fourth-order valence-corrected chi connectivity index (χ4v) is 4.62. The topological polar surface area (TPSA) is 77.8 Å². The van der Waals surface area contributed by atoms with Gasteiger partial charge in [0.15, 0.2) is 0 Å². The molecule has 0 aliphatic rings. The molecule has 0 spiro atoms. The quantitative estimate of drug-likeness (QED) is 0.207. The van der Waals surface area contributed by atoms with Crippen molar-refractivity contribution in [2.75, 3.05) is 0 Å². The summed E-state index contributed by atoms with van der Waals surface area (Å²) < 4.78 is 12.0. The Balaban J connectivity index is 1.30. The van der Waals surface area contributed by atoms with Crippen molar-refractivity contribution < 1.29 is 8.83 Å². The summed E-state index contributed by atoms with van der Waals surface area (Å²) in [6.45, 7) is 17.3. The summed E-state index contributed by atoms with van der Waals surface area (Å²) in [5.74, 6) is 1.84. The van der Waals surface area contributed by atoms with Crippen LogP contribution in [0.5, 0.6) is 0 Å². The van der Waals surface area contributed by atoms with E-state index >= 15 is 0 Å². The van der Waals surface area contributed by atoms with Gasteiger partial charge in [0.1, 0.15) is 0 Å². The van der Waals surface area contributed by atoms with Crippen molar-refractivity contribution in [2.45, 2.75) is 66.2 Å². The van der Waals surface area contributed by atoms with E-state index in [0.717, 1.165) is 33.4 Å². The lowest BCUT2D eigenvalue weighted by Crippen LogP contribution is -2.10. The minimum Gasteiger partial charge on any atom is -0.417 e. The van der Waals surface area contributed by atoms with E-state index in [4.69, 9.17) is 8.83 Å². The van der Waals surface area contributed by atoms with Gasteiger partial charge in [0, 0.05) is 23.3 Å². The lowest BCUT2D eigenvalue weighted by molar-refractivity contribution is 0.555. The van der Waals surface area contributed by atoms with Gasteiger partial charge in [-0.3, -0.25) is 0 Å². The standard InChI is InChI=1S/C36H38N4O2/c1-23-21-30(34-40-38-32(42-34)20-14-26-11-17-28(18-12-26)36(6,7)8)24(2)22-29(23)33-39-37-31(41-33)19-13-25-9-15-27(16-10-25)35(3,4)5/h9-22H,1-8H3/b19-13+,20-14+. The van der Waals surface area contributed by atoms with E-state index in [1.54, 1.807) is 0 Å². The lowest BCUT2D eigenvalue weighted by Gasteiger charge is -2.18. The minimum absolute atomic E-state index is 0.122. The normalized spacial score (nSPS) is 12.6. The molecular weight excluding hydrogens is 520 g/mol. The molecule has 42 heavy (non-hydrogen) atoms. The number of hydrogen-bond donors (Lipinski definition) is 0. The first-order chi connectivity index (χ1) is 19.9. The highest BCUT2D eigenvalue weighted by Gasteiger charge is 2.17. The Kier molecular flexibility index (Phi) is 7.83. The molecule has 0 unspecified atom stereocenters. The van der Waals surface area contributed by atoms with Crippen molar-refractivity contribution in [2.24, 2.45) is 0 Å². The highest BCUT2D eigenvalue weighted by molar-refractivity contribution is 5.71. The zero-order valence-electron chi connectivity index (χ0n) is 25.7. The summed E-state index contributed by atoms with van der Waals surface area (Å²) in [6, 6.07) is 21.1. The van der Waals surface area contributed by atoms with Gasteiger partial charge in [-0.25, -0.2) is 0 Å². The third-order valence-corrected chi connectivity index (χ3v) is 7.30. The third kappa shape index (κ3) is 6.65. The second-order valence-electron chi connectivity index (χ2n) is 12.8. The van der Waals surface area contributed by atoms with Crippen LogP contribution in [0.1, 0.15) is 86.7 Å². The van der Waals surface area contributed by atoms with E-state index in [-0.39, 0.29) is 10.8 Å². The molecule has 0 radical (unpaired) electrons. The van der Waals surface area contributed by atoms with Gasteiger partial charge in [-0.1, -0.05) is 90.1 Å². The zero-order chi connectivity index (χ0) is 30.1. The van der Waals surface area contributed by atoms with Gasteiger partial charge in [0.05, 0.1) is 0 Å². The monoisotopic (exact) mass is 558 g/mol. The van der Waals surface area contributed by atoms with Crippen LogP contribution in [-0.4, -0.2) is 20.4 Å². The average Bonchev–Trinajstić information content (AvgIpc) is 3.61. The number of benzene rings is 3. The predicted molar refractivity (Wildman–Crippen MR) is 171 cm³/mol. The van der Waals surface area contributed by atoms with Crippen molar-refractivity contribution in [3.05, 3.63) is 106 Å². The Hall–Kier alpha value is -4.58. The fraction of sp³-hybridized carbons (Fsp3) is 0.278. The number of hydrogen-bond acceptors (Lipinski definition) is 6. The Morgan fingerprint density at radius 2 is 0.857 bits per heavy atom. The summed E-state index contributed by atoms with van der Waals surface area (Å²) in [4.78, 5) is 0. The highest BCUT2D eigenvalue weighted by Crippen LogP contribution is 2.31. The van der Waals surface area contributed by atoms with Crippen molar-refractivity contribution in [1.82, 2.24) is 20.4 Å². The molecule has 0 saturated heterocycles. The molecule has 6 nitrogen and oxygen atoms in total. The van der Waals surface area contributed by atoms with Crippen molar-refractivity contribution in [3.8, 4) is 22.9 Å². The molecule has 214 valence electrons. The second-order valence-corrected chi connectivity index (χ2v) is 12.8. The predicted octanol–water partition coefficient (Wildman–Crippen LogP) is 9.34. The fourth-order valence-electron chi connectivity index (χ4n) is 4.62. The van der Waals surface area contributed by atoms with Gasteiger partial charge in [-0.05, 0) is 82.3 Å². The first-order valence-corrected chi connectivity index (χ1v) is 14.2. The molecular formula is C36H38N4O2. The van der Waals surface area contributed by atoms with Crippen LogP contribution >= 0.6 is 0 Å². The van der Waals surface area contributed by atoms with Crippen LogP contribution in [0.2, 0.25) is 0 Å². The van der Waals surface area contributed by atoms with Crippen LogP contribution in [0.25, 0.3) is 47.2 Å². The molecule has 3 aromatic carbocycles. The van der Waals surface area contributed by atoms with Crippen LogP contribution in [0.3, 0.4) is 0 Å². The van der Waals surface area contributed by atoms with Crippen LogP contribution in [0, 0.1) is 13.8 Å². The van der Waals surface area contributed by atoms with E-state index < -0.39 is 0 Å². The molecule has 6 heteroatoms. The van der Waals surface area contributed by atoms with E-state index in [1.807, 2.05) is 50.3 Å². The highest BCUT2D eigenvalue weighted by atomic mass is 16.4. The molecule has 0 N–H and O–H groups in total. The number of aryl methyl sites for hydroxylation is 2. The van der Waals surface area contributed by atoms with Gasteiger partial charge >= 0.3 is 0 Å². The Morgan fingerprint density at radius 3 is 1.19 bits per heavy atom. The smallest absolute Gasteiger partial charge is 0.248 e. The van der Waals surface area contributed by atoms with Crippen LogP contribution < -0.4 is 0 Å². The molecule has 0 bridgehead atoms. The Labute approximate surface area is 248 Å². The molecule has 0 aliphatic heterocycles.